The van der Waals surface area contributed by atoms with Gasteiger partial charge in [-0.2, -0.15) is 9.36 Å². The standard InChI is InChI=1S/C15H13N3OS/c1-19-13-9-5-6-11(10-13)14-17-15(20-18-14)16-12-7-3-2-4-8-12/h2-10H,1H3,(H,16,17,18). The number of hydrogen-bond donors (Lipinski definition) is 1. The first-order chi connectivity index (χ1) is 9.85. The maximum Gasteiger partial charge on any atom is 0.207 e. The van der Waals surface area contributed by atoms with Gasteiger partial charge in [0.25, 0.3) is 0 Å². The molecule has 0 amide bonds. The Morgan fingerprint density at radius 3 is 2.70 bits per heavy atom. The van der Waals surface area contributed by atoms with E-state index in [4.69, 9.17) is 4.74 Å². The summed E-state index contributed by atoms with van der Waals surface area (Å²) in [6.07, 6.45) is 0. The van der Waals surface area contributed by atoms with Crippen LogP contribution >= 0.6 is 11.5 Å². The summed E-state index contributed by atoms with van der Waals surface area (Å²) < 4.78 is 9.58. The molecule has 4 nitrogen and oxygen atoms in total. The zero-order chi connectivity index (χ0) is 13.8. The number of ether oxygens (including phenoxy) is 1. The number of benzene rings is 2. The normalized spacial score (nSPS) is 10.2. The van der Waals surface area contributed by atoms with Crippen molar-refractivity contribution in [1.29, 1.82) is 0 Å². The molecule has 0 saturated heterocycles. The average Bonchev–Trinajstić information content (AvgIpc) is 2.97. The van der Waals surface area contributed by atoms with Crippen LogP contribution < -0.4 is 10.1 Å². The predicted molar refractivity (Wildman–Crippen MR) is 81.6 cm³/mol. The van der Waals surface area contributed by atoms with E-state index in [2.05, 4.69) is 14.7 Å². The summed E-state index contributed by atoms with van der Waals surface area (Å²) in [4.78, 5) is 4.49. The molecule has 0 aliphatic carbocycles. The lowest BCUT2D eigenvalue weighted by Crippen LogP contribution is -1.89. The zero-order valence-electron chi connectivity index (χ0n) is 10.9. The maximum atomic E-state index is 5.21. The van der Waals surface area contributed by atoms with Crippen molar-refractivity contribution in [2.45, 2.75) is 0 Å². The highest BCUT2D eigenvalue weighted by Crippen LogP contribution is 2.26. The van der Waals surface area contributed by atoms with Crippen molar-refractivity contribution in [3.05, 3.63) is 54.6 Å². The third kappa shape index (κ3) is 2.78. The number of methoxy groups -OCH3 is 1. The first-order valence-corrected chi connectivity index (χ1v) is 6.93. The minimum Gasteiger partial charge on any atom is -0.497 e. The van der Waals surface area contributed by atoms with Gasteiger partial charge in [-0.25, -0.2) is 0 Å². The molecule has 0 spiro atoms. The van der Waals surface area contributed by atoms with Crippen LogP contribution in [0.3, 0.4) is 0 Å². The third-order valence-corrected chi connectivity index (χ3v) is 3.41. The van der Waals surface area contributed by atoms with E-state index in [9.17, 15) is 0 Å². The predicted octanol–water partition coefficient (Wildman–Crippen LogP) is 3.96. The van der Waals surface area contributed by atoms with Crippen LogP contribution in [0.2, 0.25) is 0 Å². The summed E-state index contributed by atoms with van der Waals surface area (Å²) in [6, 6.07) is 17.6. The Kier molecular flexibility index (Phi) is 3.60. The molecule has 0 unspecified atom stereocenters. The zero-order valence-corrected chi connectivity index (χ0v) is 11.7. The van der Waals surface area contributed by atoms with Crippen LogP contribution in [0.25, 0.3) is 11.4 Å². The summed E-state index contributed by atoms with van der Waals surface area (Å²) in [7, 11) is 1.65. The summed E-state index contributed by atoms with van der Waals surface area (Å²) in [5, 5.41) is 4.01. The van der Waals surface area contributed by atoms with Crippen LogP contribution in [0, 0.1) is 0 Å². The molecule has 0 fully saturated rings. The molecule has 0 aliphatic heterocycles. The molecule has 5 heteroatoms. The minimum absolute atomic E-state index is 0.701. The third-order valence-electron chi connectivity index (χ3n) is 2.78. The van der Waals surface area contributed by atoms with E-state index in [-0.39, 0.29) is 0 Å². The van der Waals surface area contributed by atoms with Gasteiger partial charge in [0.1, 0.15) is 5.75 Å². The second-order valence-corrected chi connectivity index (χ2v) is 4.90. The van der Waals surface area contributed by atoms with Gasteiger partial charge in [-0.05, 0) is 24.3 Å². The number of rotatable bonds is 4. The molecule has 1 heterocycles. The molecule has 3 aromatic rings. The number of nitrogens with one attached hydrogen (secondary N) is 1. The van der Waals surface area contributed by atoms with Gasteiger partial charge < -0.3 is 10.1 Å². The number of aromatic nitrogens is 2. The van der Waals surface area contributed by atoms with Crippen LogP contribution in [0.1, 0.15) is 0 Å². The van der Waals surface area contributed by atoms with E-state index < -0.39 is 0 Å². The Bertz CT molecular complexity index is 697. The smallest absolute Gasteiger partial charge is 0.207 e. The van der Waals surface area contributed by atoms with Gasteiger partial charge >= 0.3 is 0 Å². The van der Waals surface area contributed by atoms with Crippen molar-refractivity contribution in [3.8, 4) is 17.1 Å². The summed E-state index contributed by atoms with van der Waals surface area (Å²) in [5.74, 6) is 1.50. The Morgan fingerprint density at radius 1 is 1.05 bits per heavy atom. The second-order valence-electron chi connectivity index (χ2n) is 4.15. The molecule has 0 atom stereocenters. The van der Waals surface area contributed by atoms with Crippen LogP contribution in [0.15, 0.2) is 54.6 Å². The molecule has 100 valence electrons. The fraction of sp³-hybridized carbons (Fsp3) is 0.0667. The first-order valence-electron chi connectivity index (χ1n) is 6.15. The van der Waals surface area contributed by atoms with Crippen molar-refractivity contribution < 1.29 is 4.74 Å². The second kappa shape index (κ2) is 5.71. The molecular formula is C15H13N3OS. The minimum atomic E-state index is 0.701. The quantitative estimate of drug-likeness (QED) is 0.787. The first kappa shape index (κ1) is 12.6. The van der Waals surface area contributed by atoms with Crippen molar-refractivity contribution in [1.82, 2.24) is 9.36 Å². The molecule has 1 aromatic heterocycles. The van der Waals surface area contributed by atoms with Gasteiger partial charge in [-0.3, -0.25) is 0 Å². The van der Waals surface area contributed by atoms with Crippen LogP contribution in [-0.2, 0) is 0 Å². The van der Waals surface area contributed by atoms with Crippen molar-refractivity contribution in [3.63, 3.8) is 0 Å². The van der Waals surface area contributed by atoms with Gasteiger partial charge in [0.05, 0.1) is 7.11 Å². The Labute approximate surface area is 121 Å². The highest BCUT2D eigenvalue weighted by Gasteiger charge is 2.07. The van der Waals surface area contributed by atoms with E-state index in [1.165, 1.54) is 11.5 Å². The average molecular weight is 283 g/mol. The highest BCUT2D eigenvalue weighted by atomic mass is 32.1. The summed E-state index contributed by atoms with van der Waals surface area (Å²) >= 11 is 1.34. The van der Waals surface area contributed by atoms with E-state index >= 15 is 0 Å². The molecular weight excluding hydrogens is 270 g/mol. The van der Waals surface area contributed by atoms with Gasteiger partial charge in [-0.15, -0.1) is 0 Å². The van der Waals surface area contributed by atoms with Crippen LogP contribution in [0.5, 0.6) is 5.75 Å². The van der Waals surface area contributed by atoms with E-state index in [1.54, 1.807) is 7.11 Å². The Balaban J connectivity index is 1.83. The Hall–Kier alpha value is -2.40. The molecule has 2 aromatic carbocycles. The number of para-hydroxylation sites is 1. The number of nitrogens with zero attached hydrogens (tertiary/aromatic N) is 2. The van der Waals surface area contributed by atoms with Crippen LogP contribution in [-0.4, -0.2) is 16.5 Å². The van der Waals surface area contributed by atoms with E-state index in [0.717, 1.165) is 22.1 Å². The molecule has 20 heavy (non-hydrogen) atoms. The Morgan fingerprint density at radius 2 is 1.90 bits per heavy atom. The van der Waals surface area contributed by atoms with E-state index in [1.807, 2.05) is 54.6 Å². The topological polar surface area (TPSA) is 47.0 Å². The van der Waals surface area contributed by atoms with Crippen molar-refractivity contribution in [2.24, 2.45) is 0 Å². The molecule has 0 aliphatic rings. The lowest BCUT2D eigenvalue weighted by molar-refractivity contribution is 0.415. The van der Waals surface area contributed by atoms with Gasteiger partial charge in [0.2, 0.25) is 5.13 Å². The molecule has 0 bridgehead atoms. The van der Waals surface area contributed by atoms with Gasteiger partial charge in [-0.1, -0.05) is 30.3 Å². The molecule has 1 N–H and O–H groups in total. The largest absolute Gasteiger partial charge is 0.497 e. The van der Waals surface area contributed by atoms with Crippen LogP contribution in [0.4, 0.5) is 10.8 Å². The highest BCUT2D eigenvalue weighted by molar-refractivity contribution is 7.09. The molecule has 3 rings (SSSR count). The van der Waals surface area contributed by atoms with Crippen molar-refractivity contribution in [2.75, 3.05) is 12.4 Å². The fourth-order valence-electron chi connectivity index (χ4n) is 1.80. The van der Waals surface area contributed by atoms with Crippen molar-refractivity contribution >= 4 is 22.4 Å². The lowest BCUT2D eigenvalue weighted by Gasteiger charge is -2.01. The maximum absolute atomic E-state index is 5.21. The summed E-state index contributed by atoms with van der Waals surface area (Å²) in [5.41, 5.74) is 1.95. The SMILES string of the molecule is COc1cccc(-c2nsc(Nc3ccccc3)n2)c1. The molecule has 0 radical (unpaired) electrons. The lowest BCUT2D eigenvalue weighted by atomic mass is 10.2. The molecule has 0 saturated carbocycles. The monoisotopic (exact) mass is 283 g/mol. The van der Waals surface area contributed by atoms with E-state index in [0.29, 0.717) is 5.82 Å². The number of anilines is 2. The summed E-state index contributed by atoms with van der Waals surface area (Å²) in [6.45, 7) is 0. The van der Waals surface area contributed by atoms with Gasteiger partial charge in [0, 0.05) is 22.8 Å². The van der Waals surface area contributed by atoms with Gasteiger partial charge in [0.15, 0.2) is 5.82 Å². The fourth-order valence-corrected chi connectivity index (χ4v) is 2.41. The number of hydrogen-bond acceptors (Lipinski definition) is 5.